The van der Waals surface area contributed by atoms with E-state index in [1.807, 2.05) is 6.07 Å². The van der Waals surface area contributed by atoms with E-state index in [-0.39, 0.29) is 5.41 Å². The second-order valence-electron chi connectivity index (χ2n) is 8.46. The third kappa shape index (κ3) is 2.35. The van der Waals surface area contributed by atoms with Crippen molar-refractivity contribution in [3.05, 3.63) is 30.1 Å². The lowest BCUT2D eigenvalue weighted by Gasteiger charge is -2.55. The molecule has 4 heteroatoms. The molecule has 4 aliphatic rings. The van der Waals surface area contributed by atoms with Gasteiger partial charge in [-0.15, -0.1) is 0 Å². The van der Waals surface area contributed by atoms with E-state index in [0.29, 0.717) is 5.91 Å². The second kappa shape index (κ2) is 5.33. The van der Waals surface area contributed by atoms with Gasteiger partial charge >= 0.3 is 0 Å². The average molecular weight is 323 g/mol. The highest BCUT2D eigenvalue weighted by molar-refractivity contribution is 5.83. The van der Waals surface area contributed by atoms with Crippen LogP contribution in [-0.4, -0.2) is 22.4 Å². The highest BCUT2D eigenvalue weighted by Crippen LogP contribution is 2.60. The van der Waals surface area contributed by atoms with E-state index in [1.54, 1.807) is 6.33 Å². The van der Waals surface area contributed by atoms with Crippen molar-refractivity contribution < 1.29 is 4.79 Å². The maximum atomic E-state index is 12.9. The zero-order valence-corrected chi connectivity index (χ0v) is 14.1. The van der Waals surface area contributed by atoms with Crippen molar-refractivity contribution in [3.8, 4) is 0 Å². The van der Waals surface area contributed by atoms with E-state index in [1.165, 1.54) is 24.8 Å². The molecule has 2 N–H and O–H groups in total. The number of imidazole rings is 1. The second-order valence-corrected chi connectivity index (χ2v) is 8.46. The van der Waals surface area contributed by atoms with Crippen molar-refractivity contribution in [1.29, 1.82) is 0 Å². The van der Waals surface area contributed by atoms with Crippen molar-refractivity contribution in [2.45, 2.75) is 44.9 Å². The topological polar surface area (TPSA) is 57.8 Å². The lowest BCUT2D eigenvalue weighted by Crippen LogP contribution is -2.53. The van der Waals surface area contributed by atoms with Crippen molar-refractivity contribution in [1.82, 2.24) is 15.3 Å². The van der Waals surface area contributed by atoms with Crippen LogP contribution in [0, 0.1) is 23.2 Å². The van der Waals surface area contributed by atoms with Gasteiger partial charge in [0.05, 0.1) is 17.4 Å². The molecule has 6 rings (SSSR count). The van der Waals surface area contributed by atoms with E-state index in [4.69, 9.17) is 0 Å². The molecule has 4 aliphatic carbocycles. The number of carbonyl (C=O) groups excluding carboxylic acids is 1. The van der Waals surface area contributed by atoms with Crippen LogP contribution >= 0.6 is 0 Å². The standard InChI is InChI=1S/C20H25N3O/c24-19(20-9-14-5-15(10-20)7-16(6-14)11-20)21-4-3-13-1-2-17-18(8-13)23-12-22-17/h1-2,8,12,14-16H,3-7,9-11H2,(H,21,24)(H,22,23). The van der Waals surface area contributed by atoms with E-state index >= 15 is 0 Å². The fraction of sp³-hybridized carbons (Fsp3) is 0.600. The molecule has 126 valence electrons. The zero-order chi connectivity index (χ0) is 16.1. The van der Waals surface area contributed by atoms with E-state index in [2.05, 4.69) is 27.4 Å². The van der Waals surface area contributed by atoms with E-state index in [0.717, 1.165) is 61.0 Å². The number of H-pyrrole nitrogens is 1. The third-order valence-electron chi connectivity index (χ3n) is 6.70. The third-order valence-corrected chi connectivity index (χ3v) is 6.70. The molecule has 0 spiro atoms. The Morgan fingerprint density at radius 3 is 2.58 bits per heavy atom. The predicted molar refractivity (Wildman–Crippen MR) is 93.4 cm³/mol. The number of aromatic amines is 1. The minimum absolute atomic E-state index is 0.0257. The molecule has 24 heavy (non-hydrogen) atoms. The van der Waals surface area contributed by atoms with Crippen molar-refractivity contribution >= 4 is 16.9 Å². The van der Waals surface area contributed by atoms with Gasteiger partial charge in [0, 0.05) is 12.0 Å². The van der Waals surface area contributed by atoms with Gasteiger partial charge in [-0.3, -0.25) is 4.79 Å². The first-order valence-corrected chi connectivity index (χ1v) is 9.40. The minimum Gasteiger partial charge on any atom is -0.355 e. The lowest BCUT2D eigenvalue weighted by molar-refractivity contribution is -0.146. The van der Waals surface area contributed by atoms with Crippen LogP contribution < -0.4 is 5.32 Å². The van der Waals surface area contributed by atoms with Crippen LogP contribution in [0.2, 0.25) is 0 Å². The van der Waals surface area contributed by atoms with Crippen LogP contribution in [0.4, 0.5) is 0 Å². The number of nitrogens with one attached hydrogen (secondary N) is 2. The molecule has 0 saturated heterocycles. The molecular formula is C20H25N3O. The largest absolute Gasteiger partial charge is 0.355 e. The highest BCUT2D eigenvalue weighted by Gasteiger charge is 2.54. The molecule has 1 aromatic carbocycles. The number of fused-ring (bicyclic) bond motifs is 1. The molecule has 0 aliphatic heterocycles. The maximum absolute atomic E-state index is 12.9. The predicted octanol–water partition coefficient (Wildman–Crippen LogP) is 3.44. The highest BCUT2D eigenvalue weighted by atomic mass is 16.2. The Kier molecular flexibility index (Phi) is 3.22. The summed E-state index contributed by atoms with van der Waals surface area (Å²) in [7, 11) is 0. The first kappa shape index (κ1) is 14.5. The summed E-state index contributed by atoms with van der Waals surface area (Å²) in [6.45, 7) is 0.736. The van der Waals surface area contributed by atoms with Gasteiger partial charge < -0.3 is 10.3 Å². The number of rotatable bonds is 4. The zero-order valence-electron chi connectivity index (χ0n) is 14.1. The Morgan fingerprint density at radius 1 is 1.17 bits per heavy atom. The molecule has 2 aromatic rings. The van der Waals surface area contributed by atoms with Gasteiger partial charge in [-0.05, 0) is 80.4 Å². The van der Waals surface area contributed by atoms with Crippen LogP contribution in [0.15, 0.2) is 24.5 Å². The van der Waals surface area contributed by atoms with Crippen LogP contribution in [0.3, 0.4) is 0 Å². The number of hydrogen-bond acceptors (Lipinski definition) is 2. The summed E-state index contributed by atoms with van der Waals surface area (Å²) in [5, 5.41) is 3.27. The number of carbonyl (C=O) groups is 1. The fourth-order valence-electron chi connectivity index (χ4n) is 6.03. The van der Waals surface area contributed by atoms with Gasteiger partial charge in [-0.2, -0.15) is 0 Å². The molecule has 1 heterocycles. The van der Waals surface area contributed by atoms with E-state index < -0.39 is 0 Å². The van der Waals surface area contributed by atoms with Crippen LogP contribution in [0.5, 0.6) is 0 Å². The number of nitrogens with zero attached hydrogens (tertiary/aromatic N) is 1. The molecule has 4 fully saturated rings. The molecule has 1 amide bonds. The summed E-state index contributed by atoms with van der Waals surface area (Å²) >= 11 is 0. The van der Waals surface area contributed by atoms with Gasteiger partial charge in [0.2, 0.25) is 5.91 Å². The summed E-state index contributed by atoms with van der Waals surface area (Å²) in [5.74, 6) is 2.81. The first-order valence-electron chi connectivity index (χ1n) is 9.40. The molecule has 4 nitrogen and oxygen atoms in total. The van der Waals surface area contributed by atoms with Crippen molar-refractivity contribution in [3.63, 3.8) is 0 Å². The number of aromatic nitrogens is 2. The Bertz CT molecular complexity index is 743. The molecular weight excluding hydrogens is 298 g/mol. The van der Waals surface area contributed by atoms with Crippen LogP contribution in [0.25, 0.3) is 11.0 Å². The normalized spacial score (nSPS) is 33.9. The summed E-state index contributed by atoms with van der Waals surface area (Å²) in [6.07, 6.45) is 10.2. The van der Waals surface area contributed by atoms with Gasteiger partial charge in [-0.1, -0.05) is 6.07 Å². The smallest absolute Gasteiger partial charge is 0.226 e. The van der Waals surface area contributed by atoms with Crippen LogP contribution in [0.1, 0.15) is 44.1 Å². The number of amides is 1. The maximum Gasteiger partial charge on any atom is 0.226 e. The number of hydrogen-bond donors (Lipinski definition) is 2. The molecule has 4 bridgehead atoms. The Hall–Kier alpha value is -1.84. The summed E-state index contributed by atoms with van der Waals surface area (Å²) in [4.78, 5) is 20.3. The fourth-order valence-corrected chi connectivity index (χ4v) is 6.03. The minimum atomic E-state index is -0.0257. The molecule has 4 saturated carbocycles. The molecule has 0 unspecified atom stereocenters. The Labute approximate surface area is 142 Å². The summed E-state index contributed by atoms with van der Waals surface area (Å²) in [6, 6.07) is 6.29. The average Bonchev–Trinajstić information content (AvgIpc) is 3.01. The lowest BCUT2D eigenvalue weighted by atomic mass is 9.49. The summed E-state index contributed by atoms with van der Waals surface area (Å²) < 4.78 is 0. The van der Waals surface area contributed by atoms with Gasteiger partial charge in [0.15, 0.2) is 0 Å². The van der Waals surface area contributed by atoms with E-state index in [9.17, 15) is 4.79 Å². The molecule has 0 atom stereocenters. The van der Waals surface area contributed by atoms with Crippen molar-refractivity contribution in [2.75, 3.05) is 6.54 Å². The quantitative estimate of drug-likeness (QED) is 0.905. The monoisotopic (exact) mass is 323 g/mol. The van der Waals surface area contributed by atoms with Gasteiger partial charge in [0.25, 0.3) is 0 Å². The molecule has 0 radical (unpaired) electrons. The Morgan fingerprint density at radius 2 is 1.88 bits per heavy atom. The SMILES string of the molecule is O=C(NCCc1ccc2nc[nH]c2c1)C12CC3CC(CC(C3)C1)C2. The number of benzene rings is 1. The van der Waals surface area contributed by atoms with Gasteiger partial charge in [0.1, 0.15) is 0 Å². The van der Waals surface area contributed by atoms with Gasteiger partial charge in [-0.25, -0.2) is 4.98 Å². The van der Waals surface area contributed by atoms with Crippen molar-refractivity contribution in [2.24, 2.45) is 23.2 Å². The molecule has 1 aromatic heterocycles. The Balaban J connectivity index is 1.23. The summed E-state index contributed by atoms with van der Waals surface area (Å²) in [5.41, 5.74) is 3.29. The first-order chi connectivity index (χ1) is 11.7. The van der Waals surface area contributed by atoms with Crippen LogP contribution in [-0.2, 0) is 11.2 Å².